The van der Waals surface area contributed by atoms with E-state index in [0.717, 1.165) is 15.2 Å². The first kappa shape index (κ1) is 28.1. The number of hydrogen-bond donors (Lipinski definition) is 3. The molecule has 3 N–H and O–H groups in total. The van der Waals surface area contributed by atoms with Gasteiger partial charge in [-0.25, -0.2) is 4.31 Å². The lowest BCUT2D eigenvalue weighted by molar-refractivity contribution is -0.157. The van der Waals surface area contributed by atoms with Gasteiger partial charge in [-0.2, -0.15) is 12.7 Å². The van der Waals surface area contributed by atoms with E-state index in [4.69, 9.17) is 14.9 Å². The molecule has 14 heteroatoms. The summed E-state index contributed by atoms with van der Waals surface area (Å²) in [6.45, 7) is 1.86. The van der Waals surface area contributed by atoms with E-state index in [-0.39, 0.29) is 38.7 Å². The monoisotopic (exact) mass is 538 g/mol. The number of fused-ring (bicyclic) bond motifs is 1. The fourth-order valence-electron chi connectivity index (χ4n) is 4.22. The third kappa shape index (κ3) is 6.09. The maximum absolute atomic E-state index is 13.4. The average Bonchev–Trinajstić information content (AvgIpc) is 3.17. The summed E-state index contributed by atoms with van der Waals surface area (Å²) in [5, 5.41) is 21.6. The van der Waals surface area contributed by atoms with E-state index in [1.54, 1.807) is 29.8 Å². The van der Waals surface area contributed by atoms with Crippen molar-refractivity contribution in [2.45, 2.75) is 26.4 Å². The van der Waals surface area contributed by atoms with Gasteiger partial charge in [0.15, 0.2) is 5.92 Å². The van der Waals surface area contributed by atoms with E-state index in [0.29, 0.717) is 16.4 Å². The van der Waals surface area contributed by atoms with Crippen LogP contribution >= 0.6 is 0 Å². The van der Waals surface area contributed by atoms with Crippen LogP contribution in [0, 0.1) is 11.8 Å². The Morgan fingerprint density at radius 3 is 2.49 bits per heavy atom. The highest BCUT2D eigenvalue weighted by molar-refractivity contribution is 7.87. The molecule has 1 unspecified atom stereocenters. The number of aromatic nitrogens is 1. The van der Waals surface area contributed by atoms with E-state index in [1.807, 2.05) is 12.1 Å². The molecule has 0 aliphatic carbocycles. The first-order valence-electron chi connectivity index (χ1n) is 11.6. The van der Waals surface area contributed by atoms with Crippen molar-refractivity contribution < 1.29 is 42.5 Å². The third-order valence-corrected chi connectivity index (χ3v) is 8.00. The zero-order valence-corrected chi connectivity index (χ0v) is 21.3. The standard InChI is InChI=1S/C23H30N4O9S/c1-3-24-20(28)14-25-11-16(17-6-4-5-7-19(17)25)12-26(8-9-36-2)37(34,35)27-13-15(21(27)29)10-18(22(30)31)23(32)33/h4-7,11,15,18H,3,8-10,12-14H2,1-2H3,(H,24,28)(H,30,31)(H,32,33). The van der Waals surface area contributed by atoms with Crippen molar-refractivity contribution in [1.82, 2.24) is 18.5 Å². The van der Waals surface area contributed by atoms with E-state index in [1.165, 1.54) is 7.11 Å². The minimum absolute atomic E-state index is 0.0415. The van der Waals surface area contributed by atoms with Crippen molar-refractivity contribution in [1.29, 1.82) is 0 Å². The summed E-state index contributed by atoms with van der Waals surface area (Å²) in [6.07, 6.45) is 1.20. The number of β-lactam (4-membered cyclic amide) rings is 1. The molecule has 13 nitrogen and oxygen atoms in total. The van der Waals surface area contributed by atoms with Crippen molar-refractivity contribution in [3.63, 3.8) is 0 Å². The largest absolute Gasteiger partial charge is 0.481 e. The van der Waals surface area contributed by atoms with Crippen LogP contribution in [0.1, 0.15) is 18.9 Å². The molecule has 1 aliphatic heterocycles. The number of rotatable bonds is 14. The van der Waals surface area contributed by atoms with Crippen LogP contribution in [-0.2, 0) is 47.2 Å². The highest BCUT2D eigenvalue weighted by Gasteiger charge is 2.48. The van der Waals surface area contributed by atoms with Crippen LogP contribution in [0.25, 0.3) is 10.9 Å². The summed E-state index contributed by atoms with van der Waals surface area (Å²) in [4.78, 5) is 47.2. The third-order valence-electron chi connectivity index (χ3n) is 6.15. The van der Waals surface area contributed by atoms with Gasteiger partial charge in [-0.05, 0) is 25.0 Å². The summed E-state index contributed by atoms with van der Waals surface area (Å²) < 4.78 is 35.3. The molecule has 2 aromatic rings. The molecule has 1 atom stereocenters. The van der Waals surface area contributed by atoms with Crippen LogP contribution in [0.5, 0.6) is 0 Å². The number of nitrogens with one attached hydrogen (secondary N) is 1. The summed E-state index contributed by atoms with van der Waals surface area (Å²) in [5.74, 6) is -7.07. The number of aliphatic carboxylic acids is 2. The number of para-hydroxylation sites is 1. The quantitative estimate of drug-likeness (QED) is 0.222. The maximum atomic E-state index is 13.4. The van der Waals surface area contributed by atoms with Gasteiger partial charge in [-0.15, -0.1) is 0 Å². The molecule has 2 amide bonds. The van der Waals surface area contributed by atoms with E-state index >= 15 is 0 Å². The number of carboxylic acid groups (broad SMARTS) is 2. The van der Waals surface area contributed by atoms with Gasteiger partial charge in [0.05, 0.1) is 12.5 Å². The van der Waals surface area contributed by atoms with Crippen LogP contribution in [0.4, 0.5) is 0 Å². The van der Waals surface area contributed by atoms with Gasteiger partial charge in [-0.3, -0.25) is 19.2 Å². The van der Waals surface area contributed by atoms with Crippen LogP contribution < -0.4 is 5.32 Å². The number of carbonyl (C=O) groups is 4. The number of carbonyl (C=O) groups excluding carboxylic acids is 2. The van der Waals surface area contributed by atoms with Crippen LogP contribution in [0.2, 0.25) is 0 Å². The SMILES string of the molecule is CCNC(=O)Cn1cc(CN(CCOC)S(=O)(=O)N2CC(CC(C(=O)O)C(=O)O)C2=O)c2ccccc21. The number of amides is 2. The molecule has 1 saturated heterocycles. The Morgan fingerprint density at radius 1 is 1.22 bits per heavy atom. The fraction of sp³-hybridized carbons (Fsp3) is 0.478. The molecule has 3 rings (SSSR count). The number of methoxy groups -OCH3 is 1. The van der Waals surface area contributed by atoms with Crippen molar-refractivity contribution in [3.05, 3.63) is 36.0 Å². The average molecular weight is 539 g/mol. The van der Waals surface area contributed by atoms with Crippen LogP contribution in [0.15, 0.2) is 30.5 Å². The normalized spacial score (nSPS) is 15.8. The summed E-state index contributed by atoms with van der Waals surface area (Å²) in [6, 6.07) is 7.22. The molecule has 1 fully saturated rings. The fourth-order valence-corrected chi connectivity index (χ4v) is 5.85. The highest BCUT2D eigenvalue weighted by atomic mass is 32.2. The molecule has 0 saturated carbocycles. The number of carboxylic acids is 2. The lowest BCUT2D eigenvalue weighted by atomic mass is 9.89. The molecule has 0 bridgehead atoms. The van der Waals surface area contributed by atoms with Crippen molar-refractivity contribution in [2.75, 3.05) is 33.4 Å². The maximum Gasteiger partial charge on any atom is 0.317 e. The van der Waals surface area contributed by atoms with Crippen molar-refractivity contribution >= 4 is 44.9 Å². The molecule has 2 heterocycles. The first-order valence-corrected chi connectivity index (χ1v) is 13.0. The second-order valence-electron chi connectivity index (χ2n) is 8.62. The van der Waals surface area contributed by atoms with Gasteiger partial charge in [0.1, 0.15) is 6.54 Å². The Kier molecular flexibility index (Phi) is 8.89. The Morgan fingerprint density at radius 2 is 1.89 bits per heavy atom. The van der Waals surface area contributed by atoms with E-state index in [9.17, 15) is 27.6 Å². The molecule has 0 spiro atoms. The minimum Gasteiger partial charge on any atom is -0.481 e. The zero-order chi connectivity index (χ0) is 27.3. The van der Waals surface area contributed by atoms with Gasteiger partial charge >= 0.3 is 22.1 Å². The summed E-state index contributed by atoms with van der Waals surface area (Å²) in [5.41, 5.74) is 1.35. The van der Waals surface area contributed by atoms with E-state index in [2.05, 4.69) is 5.32 Å². The second kappa shape index (κ2) is 11.7. The minimum atomic E-state index is -4.33. The van der Waals surface area contributed by atoms with Crippen LogP contribution in [0.3, 0.4) is 0 Å². The molecule has 37 heavy (non-hydrogen) atoms. The van der Waals surface area contributed by atoms with Crippen molar-refractivity contribution in [3.8, 4) is 0 Å². The Balaban J connectivity index is 1.85. The molecule has 1 aromatic carbocycles. The molecular formula is C23H30N4O9S. The number of benzene rings is 1. The molecular weight excluding hydrogens is 508 g/mol. The van der Waals surface area contributed by atoms with Gasteiger partial charge < -0.3 is 24.8 Å². The van der Waals surface area contributed by atoms with Gasteiger partial charge in [0, 0.05) is 50.4 Å². The number of nitrogens with zero attached hydrogens (tertiary/aromatic N) is 3. The van der Waals surface area contributed by atoms with Crippen LogP contribution in [-0.4, -0.2) is 88.9 Å². The first-order chi connectivity index (χ1) is 17.5. The predicted octanol–water partition coefficient (Wildman–Crippen LogP) is 0.105. The Labute approximate surface area is 213 Å². The molecule has 1 aliphatic rings. The summed E-state index contributed by atoms with van der Waals surface area (Å²) >= 11 is 0. The lowest BCUT2D eigenvalue weighted by Crippen LogP contribution is -2.60. The molecule has 0 radical (unpaired) electrons. The number of likely N-dealkylation sites (N-methyl/N-ethyl adjacent to an activating group) is 1. The highest BCUT2D eigenvalue weighted by Crippen LogP contribution is 2.31. The van der Waals surface area contributed by atoms with Gasteiger partial charge in [0.2, 0.25) is 11.8 Å². The lowest BCUT2D eigenvalue weighted by Gasteiger charge is -2.40. The zero-order valence-electron chi connectivity index (χ0n) is 20.5. The van der Waals surface area contributed by atoms with Crippen molar-refractivity contribution in [2.24, 2.45) is 11.8 Å². The van der Waals surface area contributed by atoms with E-state index < -0.39 is 46.3 Å². The van der Waals surface area contributed by atoms with Gasteiger partial charge in [-0.1, -0.05) is 18.2 Å². The predicted molar refractivity (Wildman–Crippen MR) is 130 cm³/mol. The molecule has 1 aromatic heterocycles. The summed E-state index contributed by atoms with van der Waals surface area (Å²) in [7, 11) is -2.92. The Bertz CT molecular complexity index is 1280. The molecule has 202 valence electrons. The number of ether oxygens (including phenoxy) is 1. The topological polar surface area (TPSA) is 176 Å². The second-order valence-corrected chi connectivity index (χ2v) is 10.5. The number of hydrogen-bond acceptors (Lipinski definition) is 7. The smallest absolute Gasteiger partial charge is 0.317 e. The van der Waals surface area contributed by atoms with Gasteiger partial charge in [0.25, 0.3) is 0 Å². The Hall–Kier alpha value is -3.49.